The lowest BCUT2D eigenvalue weighted by Crippen LogP contribution is -2.12. The topological polar surface area (TPSA) is 13.1 Å². The predicted octanol–water partition coefficient (Wildman–Crippen LogP) is 13.9. The summed E-state index contributed by atoms with van der Waals surface area (Å²) in [7, 11) is 0. The van der Waals surface area contributed by atoms with Gasteiger partial charge in [0.2, 0.25) is 0 Å². The lowest BCUT2D eigenvalue weighted by atomic mass is 10.1. The maximum absolute atomic E-state index is 15.0. The third-order valence-corrected chi connectivity index (χ3v) is 11.7. The van der Waals surface area contributed by atoms with Crippen molar-refractivity contribution in [3.8, 4) is 11.4 Å². The molecule has 3 nitrogen and oxygen atoms in total. The number of rotatable bonds is 5. The standard InChI is InChI=1S/C48H30FN3S/c49-31-12-10-15-33(28-31)52-43-21-8-5-17-37(43)40-19-11-22-44(48(40)52)50(34-25-27-47-41(29-34)39-18-6-9-23-46(39)53-47)35-24-26-38-36-16-4-7-20-42(36)51(45(38)30-35)32-13-2-1-3-14-32/h1-30H. The molecule has 0 bridgehead atoms. The first-order valence-electron chi connectivity index (χ1n) is 17.8. The normalized spacial score (nSPS) is 11.9. The number of hydrogen-bond donors (Lipinski definition) is 0. The summed E-state index contributed by atoms with van der Waals surface area (Å²) in [4.78, 5) is 2.38. The van der Waals surface area contributed by atoms with Crippen LogP contribution in [0.25, 0.3) is 75.2 Å². The molecule has 11 rings (SSSR count). The molecule has 0 saturated heterocycles. The number of para-hydroxylation sites is 4. The van der Waals surface area contributed by atoms with E-state index in [0.717, 1.165) is 61.3 Å². The minimum atomic E-state index is -0.267. The fourth-order valence-corrected chi connectivity index (χ4v) is 9.38. The van der Waals surface area contributed by atoms with Gasteiger partial charge < -0.3 is 14.0 Å². The third-order valence-electron chi connectivity index (χ3n) is 10.5. The van der Waals surface area contributed by atoms with Crippen LogP contribution in [0.3, 0.4) is 0 Å². The molecule has 0 fully saturated rings. The van der Waals surface area contributed by atoms with E-state index in [1.54, 1.807) is 12.1 Å². The van der Waals surface area contributed by atoms with Crippen LogP contribution in [0.2, 0.25) is 0 Å². The van der Waals surface area contributed by atoms with Crippen LogP contribution in [0.5, 0.6) is 0 Å². The van der Waals surface area contributed by atoms with Crippen molar-refractivity contribution in [1.29, 1.82) is 0 Å². The fraction of sp³-hybridized carbons (Fsp3) is 0. The molecule has 0 aliphatic carbocycles. The molecule has 0 atom stereocenters. The average molecular weight is 700 g/mol. The molecule has 0 N–H and O–H groups in total. The zero-order valence-electron chi connectivity index (χ0n) is 28.4. The molecule has 0 saturated carbocycles. The van der Waals surface area contributed by atoms with Gasteiger partial charge >= 0.3 is 0 Å². The number of thiophene rings is 1. The molecule has 0 aliphatic rings. The third kappa shape index (κ3) is 4.57. The van der Waals surface area contributed by atoms with Crippen LogP contribution in [0.1, 0.15) is 0 Å². The van der Waals surface area contributed by atoms with Gasteiger partial charge in [0.25, 0.3) is 0 Å². The molecule has 0 amide bonds. The zero-order valence-corrected chi connectivity index (χ0v) is 29.3. The van der Waals surface area contributed by atoms with Crippen molar-refractivity contribution >= 4 is 92.2 Å². The SMILES string of the molecule is Fc1cccc(-n2c3ccccc3c3cccc(N(c4ccc5sc6ccccc6c5c4)c4ccc5c6ccccc6n(-c6ccccc6)c5c4)c32)c1. The Labute approximate surface area is 308 Å². The van der Waals surface area contributed by atoms with Crippen LogP contribution < -0.4 is 4.90 Å². The van der Waals surface area contributed by atoms with Gasteiger partial charge in [0, 0.05) is 64.5 Å². The van der Waals surface area contributed by atoms with Crippen molar-refractivity contribution in [2.45, 2.75) is 0 Å². The summed E-state index contributed by atoms with van der Waals surface area (Å²) in [5, 5.41) is 7.11. The molecule has 53 heavy (non-hydrogen) atoms. The first-order valence-corrected chi connectivity index (χ1v) is 18.6. The summed E-state index contributed by atoms with van der Waals surface area (Å²) < 4.78 is 22.1. The van der Waals surface area contributed by atoms with E-state index in [-0.39, 0.29) is 5.82 Å². The van der Waals surface area contributed by atoms with Crippen molar-refractivity contribution in [2.75, 3.05) is 4.90 Å². The molecule has 3 aromatic heterocycles. The number of halogens is 1. The van der Waals surface area contributed by atoms with Crippen LogP contribution in [0.15, 0.2) is 182 Å². The highest BCUT2D eigenvalue weighted by atomic mass is 32.1. The molecular weight excluding hydrogens is 670 g/mol. The Balaban J connectivity index is 1.26. The number of anilines is 3. The second-order valence-corrected chi connectivity index (χ2v) is 14.6. The zero-order chi connectivity index (χ0) is 35.0. The Kier molecular flexibility index (Phi) is 6.60. The molecule has 0 spiro atoms. The lowest BCUT2D eigenvalue weighted by molar-refractivity contribution is 0.627. The minimum absolute atomic E-state index is 0.267. The van der Waals surface area contributed by atoms with Crippen molar-refractivity contribution in [2.24, 2.45) is 0 Å². The largest absolute Gasteiger partial charge is 0.309 e. The smallest absolute Gasteiger partial charge is 0.125 e. The first kappa shape index (κ1) is 30.0. The number of aromatic nitrogens is 2. The second kappa shape index (κ2) is 11.7. The van der Waals surface area contributed by atoms with Crippen molar-refractivity contribution in [3.63, 3.8) is 0 Å². The van der Waals surface area contributed by atoms with Gasteiger partial charge in [-0.1, -0.05) is 97.1 Å². The Bertz CT molecular complexity index is 3210. The van der Waals surface area contributed by atoms with Crippen LogP contribution in [0.4, 0.5) is 21.5 Å². The van der Waals surface area contributed by atoms with Gasteiger partial charge in [0.05, 0.1) is 27.8 Å². The van der Waals surface area contributed by atoms with Gasteiger partial charge in [0.15, 0.2) is 0 Å². The van der Waals surface area contributed by atoms with Gasteiger partial charge in [0.1, 0.15) is 5.82 Å². The maximum Gasteiger partial charge on any atom is 0.125 e. The number of benzene rings is 8. The molecule has 11 aromatic rings. The average Bonchev–Trinajstić information content (AvgIpc) is 3.86. The predicted molar refractivity (Wildman–Crippen MR) is 223 cm³/mol. The van der Waals surface area contributed by atoms with Gasteiger partial charge in [-0.25, -0.2) is 4.39 Å². The van der Waals surface area contributed by atoms with Gasteiger partial charge in [-0.3, -0.25) is 0 Å². The summed E-state index contributed by atoms with van der Waals surface area (Å²) >= 11 is 1.82. The van der Waals surface area contributed by atoms with Crippen molar-refractivity contribution in [3.05, 3.63) is 188 Å². The van der Waals surface area contributed by atoms with Crippen LogP contribution in [-0.2, 0) is 0 Å². The quantitative estimate of drug-likeness (QED) is 0.174. The molecular formula is C48H30FN3S. The first-order chi connectivity index (χ1) is 26.2. The summed E-state index contributed by atoms with van der Waals surface area (Å²) in [6.07, 6.45) is 0. The van der Waals surface area contributed by atoms with E-state index in [1.165, 1.54) is 37.0 Å². The Morgan fingerprint density at radius 3 is 1.83 bits per heavy atom. The van der Waals surface area contributed by atoms with E-state index < -0.39 is 0 Å². The summed E-state index contributed by atoms with van der Waals surface area (Å²) in [5.74, 6) is -0.267. The highest BCUT2D eigenvalue weighted by Gasteiger charge is 2.23. The highest BCUT2D eigenvalue weighted by molar-refractivity contribution is 7.25. The van der Waals surface area contributed by atoms with Crippen LogP contribution in [0, 0.1) is 5.82 Å². The Morgan fingerprint density at radius 2 is 1.00 bits per heavy atom. The molecule has 0 radical (unpaired) electrons. The summed E-state index contributed by atoms with van der Waals surface area (Å²) in [5.41, 5.74) is 9.30. The van der Waals surface area contributed by atoms with E-state index in [9.17, 15) is 4.39 Å². The molecule has 3 heterocycles. The second-order valence-electron chi connectivity index (χ2n) is 13.5. The molecule has 5 heteroatoms. The van der Waals surface area contributed by atoms with Gasteiger partial charge in [-0.15, -0.1) is 11.3 Å². The van der Waals surface area contributed by atoms with Crippen LogP contribution >= 0.6 is 11.3 Å². The molecule has 0 unspecified atom stereocenters. The fourth-order valence-electron chi connectivity index (χ4n) is 8.30. The van der Waals surface area contributed by atoms with Gasteiger partial charge in [-0.2, -0.15) is 0 Å². The minimum Gasteiger partial charge on any atom is -0.309 e. The highest BCUT2D eigenvalue weighted by Crippen LogP contribution is 2.46. The maximum atomic E-state index is 15.0. The summed E-state index contributed by atoms with van der Waals surface area (Å²) in [6, 6.07) is 63.4. The van der Waals surface area contributed by atoms with Crippen molar-refractivity contribution in [1.82, 2.24) is 9.13 Å². The van der Waals surface area contributed by atoms with E-state index >= 15 is 0 Å². The van der Waals surface area contributed by atoms with E-state index in [2.05, 4.69) is 172 Å². The van der Waals surface area contributed by atoms with Crippen molar-refractivity contribution < 1.29 is 4.39 Å². The number of fused-ring (bicyclic) bond motifs is 9. The number of nitrogens with zero attached hydrogens (tertiary/aromatic N) is 3. The van der Waals surface area contributed by atoms with Crippen LogP contribution in [-0.4, -0.2) is 9.13 Å². The van der Waals surface area contributed by atoms with Gasteiger partial charge in [-0.05, 0) is 84.9 Å². The number of hydrogen-bond acceptors (Lipinski definition) is 2. The summed E-state index contributed by atoms with van der Waals surface area (Å²) in [6.45, 7) is 0. The van der Waals surface area contributed by atoms with E-state index in [1.807, 2.05) is 17.4 Å². The molecule has 8 aromatic carbocycles. The van der Waals surface area contributed by atoms with E-state index in [4.69, 9.17) is 0 Å². The molecule has 250 valence electrons. The monoisotopic (exact) mass is 699 g/mol. The Hall–Kier alpha value is -6.69. The van der Waals surface area contributed by atoms with E-state index in [0.29, 0.717) is 0 Å². The Morgan fingerprint density at radius 1 is 0.396 bits per heavy atom. The molecule has 0 aliphatic heterocycles. The lowest BCUT2D eigenvalue weighted by Gasteiger charge is -2.27.